The number of hydrogen-bond donors (Lipinski definition) is 0. The Morgan fingerprint density at radius 3 is 3.20 bits per heavy atom. The minimum Gasteiger partial charge on any atom is -0.383 e. The Bertz CT molecular complexity index is 521. The fourth-order valence-corrected chi connectivity index (χ4v) is 1.35. The molecule has 15 heavy (non-hydrogen) atoms. The summed E-state index contributed by atoms with van der Waals surface area (Å²) in [4.78, 5) is 19.9. The molecule has 0 saturated carbocycles. The molecule has 0 aromatic carbocycles. The van der Waals surface area contributed by atoms with Crippen LogP contribution in [-0.2, 0) is 11.3 Å². The van der Waals surface area contributed by atoms with Crippen LogP contribution in [0.25, 0.3) is 10.9 Å². The quantitative estimate of drug-likeness (QED) is 0.729. The van der Waals surface area contributed by atoms with Gasteiger partial charge >= 0.3 is 0 Å². The van der Waals surface area contributed by atoms with Crippen LogP contribution < -0.4 is 5.56 Å². The summed E-state index contributed by atoms with van der Waals surface area (Å²) in [5.74, 6) is 0. The molecule has 0 aliphatic carbocycles. The number of fused-ring (bicyclic) bond motifs is 1. The minimum atomic E-state index is -0.0786. The smallest absolute Gasteiger partial charge is 0.262 e. The summed E-state index contributed by atoms with van der Waals surface area (Å²) in [5.41, 5.74) is 0.591. The van der Waals surface area contributed by atoms with Gasteiger partial charge in [-0.05, 0) is 6.07 Å². The van der Waals surface area contributed by atoms with Crippen LogP contribution in [0.5, 0.6) is 0 Å². The van der Waals surface area contributed by atoms with Gasteiger partial charge in [-0.15, -0.1) is 0 Å². The van der Waals surface area contributed by atoms with Gasteiger partial charge in [0.25, 0.3) is 5.56 Å². The van der Waals surface area contributed by atoms with Crippen LogP contribution in [0.2, 0.25) is 0 Å². The van der Waals surface area contributed by atoms with Gasteiger partial charge in [0.15, 0.2) is 0 Å². The fraction of sp³-hybridized carbons (Fsp3) is 0.300. The van der Waals surface area contributed by atoms with Crippen molar-refractivity contribution in [3.8, 4) is 0 Å². The van der Waals surface area contributed by atoms with Crippen molar-refractivity contribution in [2.24, 2.45) is 0 Å². The second-order valence-corrected chi connectivity index (χ2v) is 3.13. The minimum absolute atomic E-state index is 0.0786. The average Bonchev–Trinajstić information content (AvgIpc) is 2.29. The highest BCUT2D eigenvalue weighted by atomic mass is 16.5. The Balaban J connectivity index is 2.51. The topological polar surface area (TPSA) is 57.0 Å². The van der Waals surface area contributed by atoms with Gasteiger partial charge in [-0.3, -0.25) is 14.3 Å². The predicted molar refractivity (Wildman–Crippen MR) is 55.7 cm³/mol. The van der Waals surface area contributed by atoms with E-state index in [1.165, 1.54) is 17.1 Å². The maximum Gasteiger partial charge on any atom is 0.262 e. The van der Waals surface area contributed by atoms with E-state index < -0.39 is 0 Å². The molecule has 0 amide bonds. The largest absolute Gasteiger partial charge is 0.383 e. The molecule has 0 saturated heterocycles. The first-order chi connectivity index (χ1) is 7.33. The number of ether oxygens (including phenoxy) is 1. The second-order valence-electron chi connectivity index (χ2n) is 3.13. The van der Waals surface area contributed by atoms with Crippen LogP contribution >= 0.6 is 0 Å². The molecule has 0 unspecified atom stereocenters. The third kappa shape index (κ3) is 1.87. The van der Waals surface area contributed by atoms with Crippen molar-refractivity contribution in [1.82, 2.24) is 14.5 Å². The SMILES string of the molecule is COCCn1cnc2ccncc2c1=O. The summed E-state index contributed by atoms with van der Waals surface area (Å²) in [5, 5.41) is 0.538. The Kier molecular flexibility index (Phi) is 2.73. The van der Waals surface area contributed by atoms with Gasteiger partial charge in [0, 0.05) is 19.5 Å². The third-order valence-electron chi connectivity index (χ3n) is 2.16. The van der Waals surface area contributed by atoms with Crippen molar-refractivity contribution in [2.45, 2.75) is 6.54 Å². The van der Waals surface area contributed by atoms with Gasteiger partial charge < -0.3 is 4.74 Å². The van der Waals surface area contributed by atoms with Crippen molar-refractivity contribution < 1.29 is 4.74 Å². The van der Waals surface area contributed by atoms with Gasteiger partial charge in [-0.25, -0.2) is 4.98 Å². The zero-order chi connectivity index (χ0) is 10.7. The molecule has 0 radical (unpaired) electrons. The first-order valence-electron chi connectivity index (χ1n) is 4.61. The van der Waals surface area contributed by atoms with E-state index in [1.54, 1.807) is 19.4 Å². The predicted octanol–water partition coefficient (Wildman–Crippen LogP) is 0.438. The molecule has 5 nitrogen and oxygen atoms in total. The molecule has 0 bridgehead atoms. The Morgan fingerprint density at radius 1 is 1.53 bits per heavy atom. The molecule has 0 fully saturated rings. The van der Waals surface area contributed by atoms with Gasteiger partial charge in [-0.1, -0.05) is 0 Å². The van der Waals surface area contributed by atoms with Crippen LogP contribution in [0.3, 0.4) is 0 Å². The van der Waals surface area contributed by atoms with Gasteiger partial charge in [0.05, 0.1) is 30.4 Å². The van der Waals surface area contributed by atoms with Crippen molar-refractivity contribution in [3.05, 3.63) is 35.1 Å². The molecule has 0 aliphatic heterocycles. The molecule has 0 N–H and O–H groups in total. The highest BCUT2D eigenvalue weighted by molar-refractivity contribution is 5.75. The molecule has 5 heteroatoms. The van der Waals surface area contributed by atoms with E-state index in [0.29, 0.717) is 24.1 Å². The van der Waals surface area contributed by atoms with Crippen molar-refractivity contribution in [2.75, 3.05) is 13.7 Å². The van der Waals surface area contributed by atoms with Crippen LogP contribution in [-0.4, -0.2) is 28.3 Å². The highest BCUT2D eigenvalue weighted by Crippen LogP contribution is 2.02. The molecule has 2 heterocycles. The Hall–Kier alpha value is -1.75. The zero-order valence-electron chi connectivity index (χ0n) is 8.38. The molecule has 2 aromatic rings. The lowest BCUT2D eigenvalue weighted by Crippen LogP contribution is -2.22. The van der Waals surface area contributed by atoms with E-state index in [-0.39, 0.29) is 5.56 Å². The van der Waals surface area contributed by atoms with Crippen LogP contribution in [0, 0.1) is 0 Å². The van der Waals surface area contributed by atoms with E-state index in [0.717, 1.165) is 0 Å². The number of hydrogen-bond acceptors (Lipinski definition) is 4. The van der Waals surface area contributed by atoms with E-state index in [9.17, 15) is 4.79 Å². The molecule has 0 spiro atoms. The van der Waals surface area contributed by atoms with Crippen LogP contribution in [0.4, 0.5) is 0 Å². The monoisotopic (exact) mass is 205 g/mol. The van der Waals surface area contributed by atoms with E-state index >= 15 is 0 Å². The number of methoxy groups -OCH3 is 1. The summed E-state index contributed by atoms with van der Waals surface area (Å²) in [6.45, 7) is 1.00. The van der Waals surface area contributed by atoms with Gasteiger partial charge in [-0.2, -0.15) is 0 Å². The van der Waals surface area contributed by atoms with Crippen molar-refractivity contribution in [1.29, 1.82) is 0 Å². The van der Waals surface area contributed by atoms with Crippen molar-refractivity contribution in [3.63, 3.8) is 0 Å². The van der Waals surface area contributed by atoms with E-state index in [2.05, 4.69) is 9.97 Å². The molecule has 0 aliphatic rings. The normalized spacial score (nSPS) is 10.7. The lowest BCUT2D eigenvalue weighted by molar-refractivity contribution is 0.186. The molecule has 2 aromatic heterocycles. The molecular weight excluding hydrogens is 194 g/mol. The summed E-state index contributed by atoms with van der Waals surface area (Å²) in [6, 6.07) is 1.72. The number of rotatable bonds is 3. The highest BCUT2D eigenvalue weighted by Gasteiger charge is 2.02. The molecule has 2 rings (SSSR count). The summed E-state index contributed by atoms with van der Waals surface area (Å²) < 4.78 is 6.43. The fourth-order valence-electron chi connectivity index (χ4n) is 1.35. The van der Waals surface area contributed by atoms with Crippen LogP contribution in [0.15, 0.2) is 29.6 Å². The van der Waals surface area contributed by atoms with E-state index in [1.807, 2.05) is 0 Å². The summed E-state index contributed by atoms with van der Waals surface area (Å²) in [7, 11) is 1.60. The number of nitrogens with zero attached hydrogens (tertiary/aromatic N) is 3. The summed E-state index contributed by atoms with van der Waals surface area (Å²) in [6.07, 6.45) is 4.69. The molecule has 0 atom stereocenters. The average molecular weight is 205 g/mol. The van der Waals surface area contributed by atoms with Crippen molar-refractivity contribution >= 4 is 10.9 Å². The lowest BCUT2D eigenvalue weighted by atomic mass is 10.3. The van der Waals surface area contributed by atoms with Crippen LogP contribution in [0.1, 0.15) is 0 Å². The lowest BCUT2D eigenvalue weighted by Gasteiger charge is -2.04. The maximum absolute atomic E-state index is 11.9. The Labute approximate surface area is 86.4 Å². The maximum atomic E-state index is 11.9. The van der Waals surface area contributed by atoms with Gasteiger partial charge in [0.1, 0.15) is 0 Å². The first kappa shape index (κ1) is 9.79. The molecule has 78 valence electrons. The number of pyridine rings is 1. The zero-order valence-corrected chi connectivity index (χ0v) is 8.38. The third-order valence-corrected chi connectivity index (χ3v) is 2.16. The van der Waals surface area contributed by atoms with E-state index in [4.69, 9.17) is 4.74 Å². The second kappa shape index (κ2) is 4.18. The number of aromatic nitrogens is 3. The Morgan fingerprint density at radius 2 is 2.40 bits per heavy atom. The summed E-state index contributed by atoms with van der Waals surface area (Å²) >= 11 is 0. The van der Waals surface area contributed by atoms with Gasteiger partial charge in [0.2, 0.25) is 0 Å². The standard InChI is InChI=1S/C10H11N3O2/c1-15-5-4-13-7-12-9-2-3-11-6-8(9)10(13)14/h2-3,6-7H,4-5H2,1H3. The first-order valence-corrected chi connectivity index (χ1v) is 4.61. The molecular formula is C10H11N3O2.